The van der Waals surface area contributed by atoms with Crippen LogP contribution < -0.4 is 4.90 Å². The van der Waals surface area contributed by atoms with Crippen LogP contribution in [-0.2, 0) is 22.5 Å². The molecule has 4 rings (SSSR count). The zero-order valence-electron chi connectivity index (χ0n) is 17.9. The highest BCUT2D eigenvalue weighted by molar-refractivity contribution is 5.75. The Labute approximate surface area is 182 Å². The fourth-order valence-electron chi connectivity index (χ4n) is 3.64. The molecule has 1 aromatic heterocycles. The lowest BCUT2D eigenvalue weighted by Gasteiger charge is -2.29. The lowest BCUT2D eigenvalue weighted by molar-refractivity contribution is -0.130. The van der Waals surface area contributed by atoms with Gasteiger partial charge in [0.25, 0.3) is 0 Å². The second-order valence-corrected chi connectivity index (χ2v) is 7.75. The standard InChI is InChI=1S/C24H28N4O3/c1-27(18-19-10-12-21(13-11-19)28-14-16-30-17-15-28)23(29)9-5-8-22-25-24(26-31-22)20-6-3-2-4-7-20/h2-4,6-7,10-13H,5,8-9,14-18H2,1H3. The van der Waals surface area contributed by atoms with Gasteiger partial charge in [-0.15, -0.1) is 0 Å². The van der Waals surface area contributed by atoms with Crippen LogP contribution in [-0.4, -0.2) is 54.3 Å². The number of aromatic nitrogens is 2. The smallest absolute Gasteiger partial charge is 0.226 e. The molecule has 1 fully saturated rings. The number of ether oxygens (including phenoxy) is 1. The molecule has 2 aromatic carbocycles. The molecule has 31 heavy (non-hydrogen) atoms. The van der Waals surface area contributed by atoms with Crippen LogP contribution in [0, 0.1) is 0 Å². The Kier molecular flexibility index (Phi) is 6.94. The van der Waals surface area contributed by atoms with E-state index in [9.17, 15) is 4.79 Å². The van der Waals surface area contributed by atoms with Gasteiger partial charge in [0.1, 0.15) is 0 Å². The van der Waals surface area contributed by atoms with E-state index in [1.807, 2.05) is 37.4 Å². The molecule has 1 amide bonds. The van der Waals surface area contributed by atoms with Gasteiger partial charge in [-0.05, 0) is 24.1 Å². The first-order valence-corrected chi connectivity index (χ1v) is 10.7. The number of aryl methyl sites for hydroxylation is 1. The molecule has 7 heteroatoms. The Balaban J connectivity index is 1.22. The number of nitrogens with zero attached hydrogens (tertiary/aromatic N) is 4. The van der Waals surface area contributed by atoms with Gasteiger partial charge in [0.15, 0.2) is 0 Å². The molecule has 0 atom stereocenters. The maximum atomic E-state index is 12.5. The summed E-state index contributed by atoms with van der Waals surface area (Å²) in [4.78, 5) is 21.0. The van der Waals surface area contributed by atoms with Crippen LogP contribution >= 0.6 is 0 Å². The predicted molar refractivity (Wildman–Crippen MR) is 119 cm³/mol. The molecule has 0 bridgehead atoms. The molecule has 0 radical (unpaired) electrons. The Bertz CT molecular complexity index is 966. The average Bonchev–Trinajstić information content (AvgIpc) is 3.29. The molecule has 7 nitrogen and oxygen atoms in total. The maximum Gasteiger partial charge on any atom is 0.226 e. The topological polar surface area (TPSA) is 71.7 Å². The van der Waals surface area contributed by atoms with E-state index in [1.54, 1.807) is 4.90 Å². The Morgan fingerprint density at radius 2 is 1.81 bits per heavy atom. The molecule has 1 aliphatic heterocycles. The summed E-state index contributed by atoms with van der Waals surface area (Å²) in [6, 6.07) is 18.2. The summed E-state index contributed by atoms with van der Waals surface area (Å²) in [5.74, 6) is 1.26. The summed E-state index contributed by atoms with van der Waals surface area (Å²) in [5, 5.41) is 4.02. The molecule has 0 spiro atoms. The predicted octanol–water partition coefficient (Wildman–Crippen LogP) is 3.55. The monoisotopic (exact) mass is 420 g/mol. The molecule has 2 heterocycles. The van der Waals surface area contributed by atoms with Gasteiger partial charge in [-0.2, -0.15) is 4.98 Å². The van der Waals surface area contributed by atoms with E-state index in [4.69, 9.17) is 9.26 Å². The van der Waals surface area contributed by atoms with Crippen LogP contribution in [0.25, 0.3) is 11.4 Å². The van der Waals surface area contributed by atoms with Gasteiger partial charge in [-0.3, -0.25) is 4.79 Å². The fourth-order valence-corrected chi connectivity index (χ4v) is 3.64. The maximum absolute atomic E-state index is 12.5. The Morgan fingerprint density at radius 3 is 2.55 bits per heavy atom. The summed E-state index contributed by atoms with van der Waals surface area (Å²) in [6.45, 7) is 3.99. The molecule has 1 saturated heterocycles. The van der Waals surface area contributed by atoms with E-state index < -0.39 is 0 Å². The molecular formula is C24H28N4O3. The molecule has 0 N–H and O–H groups in total. The normalized spacial score (nSPS) is 13.9. The highest BCUT2D eigenvalue weighted by atomic mass is 16.5. The molecule has 0 aliphatic carbocycles. The molecule has 0 unspecified atom stereocenters. The summed E-state index contributed by atoms with van der Waals surface area (Å²) in [7, 11) is 1.85. The number of hydrogen-bond acceptors (Lipinski definition) is 6. The minimum absolute atomic E-state index is 0.111. The number of anilines is 1. The van der Waals surface area contributed by atoms with E-state index in [-0.39, 0.29) is 5.91 Å². The summed E-state index contributed by atoms with van der Waals surface area (Å²) in [6.07, 6.45) is 1.72. The van der Waals surface area contributed by atoms with Gasteiger partial charge in [0, 0.05) is 50.8 Å². The number of rotatable bonds is 8. The minimum Gasteiger partial charge on any atom is -0.378 e. The molecule has 1 aliphatic rings. The SMILES string of the molecule is CN(Cc1ccc(N2CCOCC2)cc1)C(=O)CCCc1nc(-c2ccccc2)no1. The third kappa shape index (κ3) is 5.70. The lowest BCUT2D eigenvalue weighted by Crippen LogP contribution is -2.36. The van der Waals surface area contributed by atoms with Gasteiger partial charge in [0.05, 0.1) is 13.2 Å². The van der Waals surface area contributed by atoms with Crippen LogP contribution in [0.5, 0.6) is 0 Å². The number of benzene rings is 2. The second-order valence-electron chi connectivity index (χ2n) is 7.75. The van der Waals surface area contributed by atoms with Crippen molar-refractivity contribution in [2.75, 3.05) is 38.3 Å². The molecule has 0 saturated carbocycles. The summed E-state index contributed by atoms with van der Waals surface area (Å²) < 4.78 is 10.7. The van der Waals surface area contributed by atoms with E-state index in [1.165, 1.54) is 5.69 Å². The zero-order valence-corrected chi connectivity index (χ0v) is 17.9. The van der Waals surface area contributed by atoms with Gasteiger partial charge >= 0.3 is 0 Å². The first-order valence-electron chi connectivity index (χ1n) is 10.7. The van der Waals surface area contributed by atoms with Crippen LogP contribution in [0.15, 0.2) is 59.1 Å². The van der Waals surface area contributed by atoms with Gasteiger partial charge in [-0.1, -0.05) is 47.6 Å². The highest BCUT2D eigenvalue weighted by Gasteiger charge is 2.14. The van der Waals surface area contributed by atoms with E-state index >= 15 is 0 Å². The number of morpholine rings is 1. The third-order valence-corrected chi connectivity index (χ3v) is 5.44. The second kappa shape index (κ2) is 10.2. The third-order valence-electron chi connectivity index (χ3n) is 5.44. The number of carbonyl (C=O) groups excluding carboxylic acids is 1. The molecular weight excluding hydrogens is 392 g/mol. The van der Waals surface area contributed by atoms with Crippen molar-refractivity contribution in [3.05, 3.63) is 66.1 Å². The van der Waals surface area contributed by atoms with Gasteiger partial charge < -0.3 is 19.1 Å². The first kappa shape index (κ1) is 21.1. The Morgan fingerprint density at radius 1 is 1.06 bits per heavy atom. The van der Waals surface area contributed by atoms with Crippen LogP contribution in [0.2, 0.25) is 0 Å². The van der Waals surface area contributed by atoms with E-state index in [0.29, 0.717) is 37.5 Å². The van der Waals surface area contributed by atoms with Crippen molar-refractivity contribution in [1.82, 2.24) is 15.0 Å². The quantitative estimate of drug-likeness (QED) is 0.555. The van der Waals surface area contributed by atoms with Crippen LogP contribution in [0.1, 0.15) is 24.3 Å². The first-order chi connectivity index (χ1) is 15.2. The van der Waals surface area contributed by atoms with Crippen molar-refractivity contribution in [1.29, 1.82) is 0 Å². The number of hydrogen-bond donors (Lipinski definition) is 0. The molecule has 162 valence electrons. The van der Waals surface area contributed by atoms with Crippen molar-refractivity contribution >= 4 is 11.6 Å². The zero-order chi connectivity index (χ0) is 21.5. The number of amides is 1. The van der Waals surface area contributed by atoms with Crippen molar-refractivity contribution < 1.29 is 14.1 Å². The average molecular weight is 421 g/mol. The van der Waals surface area contributed by atoms with Crippen molar-refractivity contribution in [2.24, 2.45) is 0 Å². The van der Waals surface area contributed by atoms with Crippen molar-refractivity contribution in [2.45, 2.75) is 25.8 Å². The summed E-state index contributed by atoms with van der Waals surface area (Å²) >= 11 is 0. The largest absolute Gasteiger partial charge is 0.378 e. The van der Waals surface area contributed by atoms with Crippen LogP contribution in [0.3, 0.4) is 0 Å². The molecule has 3 aromatic rings. The Hall–Kier alpha value is -3.19. The van der Waals surface area contributed by atoms with Crippen molar-refractivity contribution in [3.63, 3.8) is 0 Å². The minimum atomic E-state index is 0.111. The van der Waals surface area contributed by atoms with Crippen molar-refractivity contribution in [3.8, 4) is 11.4 Å². The summed E-state index contributed by atoms with van der Waals surface area (Å²) in [5.41, 5.74) is 3.25. The van der Waals surface area contributed by atoms with E-state index in [0.717, 1.165) is 37.4 Å². The lowest BCUT2D eigenvalue weighted by atomic mass is 10.1. The fraction of sp³-hybridized carbons (Fsp3) is 0.375. The van der Waals surface area contributed by atoms with Gasteiger partial charge in [0.2, 0.25) is 17.6 Å². The van der Waals surface area contributed by atoms with Crippen LogP contribution in [0.4, 0.5) is 5.69 Å². The van der Waals surface area contributed by atoms with Gasteiger partial charge in [-0.25, -0.2) is 0 Å². The number of carbonyl (C=O) groups is 1. The van der Waals surface area contributed by atoms with E-state index in [2.05, 4.69) is 39.3 Å². The highest BCUT2D eigenvalue weighted by Crippen LogP contribution is 2.18.